The summed E-state index contributed by atoms with van der Waals surface area (Å²) in [6.45, 7) is 15.7. The van der Waals surface area contributed by atoms with Gasteiger partial charge in [0.15, 0.2) is 0 Å². The highest BCUT2D eigenvalue weighted by Crippen LogP contribution is 2.58. The molecule has 0 aromatic rings. The molecule has 24 heavy (non-hydrogen) atoms. The Bertz CT molecular complexity index is 583. The van der Waals surface area contributed by atoms with E-state index in [4.69, 9.17) is 4.74 Å². The van der Waals surface area contributed by atoms with E-state index in [1.54, 1.807) is 11.1 Å². The Morgan fingerprint density at radius 3 is 2.54 bits per heavy atom. The van der Waals surface area contributed by atoms with E-state index in [1.165, 1.54) is 44.6 Å². The molecule has 0 aromatic carbocycles. The van der Waals surface area contributed by atoms with E-state index in [-0.39, 0.29) is 12.1 Å². The van der Waals surface area contributed by atoms with Gasteiger partial charge in [0.2, 0.25) is 0 Å². The number of carbonyl (C=O) groups excluding carboxylic acids is 1. The second-order valence-corrected chi connectivity index (χ2v) is 9.37. The lowest BCUT2D eigenvalue weighted by atomic mass is 9.52. The Morgan fingerprint density at radius 1 is 1.17 bits per heavy atom. The quantitative estimate of drug-likeness (QED) is 0.447. The van der Waals surface area contributed by atoms with E-state index in [2.05, 4.69) is 34.3 Å². The molecule has 0 amide bonds. The van der Waals surface area contributed by atoms with Gasteiger partial charge in [0.05, 0.1) is 0 Å². The molecule has 3 aliphatic carbocycles. The molecular weight excluding hydrogens is 296 g/mol. The number of carbonyl (C=O) groups is 1. The van der Waals surface area contributed by atoms with Gasteiger partial charge in [-0.2, -0.15) is 0 Å². The van der Waals surface area contributed by atoms with Gasteiger partial charge in [0.25, 0.3) is 0 Å². The predicted octanol–water partition coefficient (Wildman–Crippen LogP) is 5.83. The first-order chi connectivity index (χ1) is 11.1. The van der Waals surface area contributed by atoms with Crippen LogP contribution in [-0.4, -0.2) is 12.1 Å². The number of allylic oxidation sites excluding steroid dienone is 2. The van der Waals surface area contributed by atoms with Crippen LogP contribution in [-0.2, 0) is 9.53 Å². The minimum Gasteiger partial charge on any atom is -0.458 e. The number of esters is 1. The Balaban J connectivity index is 1.92. The summed E-state index contributed by atoms with van der Waals surface area (Å²) in [7, 11) is 0. The van der Waals surface area contributed by atoms with Crippen LogP contribution in [0.4, 0.5) is 0 Å². The monoisotopic (exact) mass is 330 g/mol. The molecule has 0 saturated heterocycles. The maximum absolute atomic E-state index is 11.5. The topological polar surface area (TPSA) is 26.3 Å². The average Bonchev–Trinajstić information content (AvgIpc) is 2.47. The van der Waals surface area contributed by atoms with Crippen LogP contribution in [0, 0.1) is 22.7 Å². The van der Waals surface area contributed by atoms with E-state index in [9.17, 15) is 4.79 Å². The normalized spacial score (nSPS) is 38.9. The molecule has 0 N–H and O–H groups in total. The SMILES string of the molecule is C=C1[C@@H](OC(C)=O)CC[C@@]2(C)CCC3=C(C)CC[C@@H](C[C@H]12)C3(C)C. The molecule has 3 rings (SSSR count). The van der Waals surface area contributed by atoms with Crippen molar-refractivity contribution in [1.29, 1.82) is 0 Å². The summed E-state index contributed by atoms with van der Waals surface area (Å²) in [4.78, 5) is 11.5. The number of ether oxygens (including phenoxy) is 1. The largest absolute Gasteiger partial charge is 0.458 e. The Morgan fingerprint density at radius 2 is 1.88 bits per heavy atom. The lowest BCUT2D eigenvalue weighted by Crippen LogP contribution is -2.45. The molecule has 2 fully saturated rings. The van der Waals surface area contributed by atoms with Crippen molar-refractivity contribution in [1.82, 2.24) is 0 Å². The van der Waals surface area contributed by atoms with Gasteiger partial charge < -0.3 is 4.74 Å². The molecule has 4 atom stereocenters. The maximum Gasteiger partial charge on any atom is 0.303 e. The smallest absolute Gasteiger partial charge is 0.303 e. The van der Waals surface area contributed by atoms with Crippen LogP contribution in [0.1, 0.15) is 79.6 Å². The van der Waals surface area contributed by atoms with Crippen molar-refractivity contribution in [2.75, 3.05) is 0 Å². The lowest BCUT2D eigenvalue weighted by Gasteiger charge is -2.53. The van der Waals surface area contributed by atoms with E-state index >= 15 is 0 Å². The molecule has 134 valence electrons. The molecule has 0 aliphatic heterocycles. The van der Waals surface area contributed by atoms with Crippen LogP contribution in [0.15, 0.2) is 23.3 Å². The van der Waals surface area contributed by atoms with Crippen molar-refractivity contribution in [3.05, 3.63) is 23.3 Å². The van der Waals surface area contributed by atoms with Gasteiger partial charge in [-0.1, -0.05) is 38.5 Å². The molecule has 0 heterocycles. The third-order valence-corrected chi connectivity index (χ3v) is 7.64. The highest BCUT2D eigenvalue weighted by atomic mass is 16.5. The van der Waals surface area contributed by atoms with E-state index < -0.39 is 0 Å². The third-order valence-electron chi connectivity index (χ3n) is 7.64. The average molecular weight is 331 g/mol. The molecule has 0 radical (unpaired) electrons. The van der Waals surface area contributed by atoms with Crippen LogP contribution in [0.5, 0.6) is 0 Å². The van der Waals surface area contributed by atoms with Gasteiger partial charge >= 0.3 is 5.97 Å². The second kappa shape index (κ2) is 6.04. The molecular formula is C22H34O2. The number of hydrogen-bond donors (Lipinski definition) is 0. The highest BCUT2D eigenvalue weighted by molar-refractivity contribution is 5.66. The van der Waals surface area contributed by atoms with Crippen LogP contribution in [0.2, 0.25) is 0 Å². The zero-order chi connectivity index (χ0) is 17.7. The van der Waals surface area contributed by atoms with Crippen LogP contribution >= 0.6 is 0 Å². The van der Waals surface area contributed by atoms with Gasteiger partial charge in [-0.3, -0.25) is 4.79 Å². The molecule has 0 unspecified atom stereocenters. The number of fused-ring (bicyclic) bond motifs is 3. The fraction of sp³-hybridized carbons (Fsp3) is 0.773. The van der Waals surface area contributed by atoms with E-state index in [0.29, 0.717) is 22.7 Å². The van der Waals surface area contributed by atoms with Gasteiger partial charge in [0, 0.05) is 6.92 Å². The van der Waals surface area contributed by atoms with Gasteiger partial charge in [-0.25, -0.2) is 0 Å². The van der Waals surface area contributed by atoms with Crippen molar-refractivity contribution < 1.29 is 9.53 Å². The summed E-state index contributed by atoms with van der Waals surface area (Å²) in [5, 5.41) is 0. The summed E-state index contributed by atoms with van der Waals surface area (Å²) >= 11 is 0. The predicted molar refractivity (Wildman–Crippen MR) is 98.6 cm³/mol. The van der Waals surface area contributed by atoms with E-state index in [1.807, 2.05) is 0 Å². The first-order valence-electron chi connectivity index (χ1n) is 9.70. The van der Waals surface area contributed by atoms with Crippen molar-refractivity contribution >= 4 is 5.97 Å². The van der Waals surface area contributed by atoms with Gasteiger partial charge in [-0.05, 0) is 80.1 Å². The minimum absolute atomic E-state index is 0.0662. The molecule has 2 saturated carbocycles. The molecule has 0 aromatic heterocycles. The summed E-state index contributed by atoms with van der Waals surface area (Å²) in [6.07, 6.45) is 8.25. The van der Waals surface area contributed by atoms with Gasteiger partial charge in [0.1, 0.15) is 6.10 Å². The molecule has 0 spiro atoms. The van der Waals surface area contributed by atoms with Crippen molar-refractivity contribution in [3.63, 3.8) is 0 Å². The molecule has 2 bridgehead atoms. The van der Waals surface area contributed by atoms with Crippen molar-refractivity contribution in [2.45, 2.75) is 85.7 Å². The molecule has 2 heteroatoms. The van der Waals surface area contributed by atoms with Crippen LogP contribution < -0.4 is 0 Å². The van der Waals surface area contributed by atoms with Crippen LogP contribution in [0.25, 0.3) is 0 Å². The molecule has 2 nitrogen and oxygen atoms in total. The number of hydrogen-bond acceptors (Lipinski definition) is 2. The molecule has 3 aliphatic rings. The van der Waals surface area contributed by atoms with Gasteiger partial charge in [-0.15, -0.1) is 0 Å². The fourth-order valence-corrected chi connectivity index (χ4v) is 5.90. The zero-order valence-electron chi connectivity index (χ0n) is 16.2. The third kappa shape index (κ3) is 2.86. The summed E-state index contributed by atoms with van der Waals surface area (Å²) in [5.74, 6) is 1.03. The first kappa shape index (κ1) is 17.8. The lowest BCUT2D eigenvalue weighted by molar-refractivity contribution is -0.147. The van der Waals surface area contributed by atoms with Crippen molar-refractivity contribution in [2.24, 2.45) is 22.7 Å². The Hall–Kier alpha value is -1.05. The fourth-order valence-electron chi connectivity index (χ4n) is 5.90. The highest BCUT2D eigenvalue weighted by Gasteiger charge is 2.49. The van der Waals surface area contributed by atoms with E-state index in [0.717, 1.165) is 12.8 Å². The maximum atomic E-state index is 11.5. The minimum atomic E-state index is -0.172. The first-order valence-corrected chi connectivity index (χ1v) is 9.70. The van der Waals surface area contributed by atoms with Crippen molar-refractivity contribution in [3.8, 4) is 0 Å². The standard InChI is InChI=1S/C22H34O2/c1-14-7-8-17-13-19-15(2)20(24-16(3)23)10-12-22(19,6)11-9-18(14)21(17,4)5/h17,19-20H,2,7-13H2,1,3-6H3/t17-,19+,20-,22+/m0/s1. The number of rotatable bonds is 1. The summed E-state index contributed by atoms with van der Waals surface area (Å²) < 4.78 is 5.59. The summed E-state index contributed by atoms with van der Waals surface area (Å²) in [6, 6.07) is 0. The Kier molecular flexibility index (Phi) is 4.47. The zero-order valence-corrected chi connectivity index (χ0v) is 16.2. The van der Waals surface area contributed by atoms with Crippen LogP contribution in [0.3, 0.4) is 0 Å². The Labute approximate surface area is 147 Å². The summed E-state index contributed by atoms with van der Waals surface area (Å²) in [5.41, 5.74) is 5.17. The second-order valence-electron chi connectivity index (χ2n) is 9.37.